The molecule has 156 valence electrons. The molecular weight excluding hydrogens is 364 g/mol. The molecule has 1 aliphatic rings. The Bertz CT molecular complexity index is 834. The molecule has 1 aliphatic heterocycles. The number of hydrogen-bond acceptors (Lipinski definition) is 4. The minimum Gasteiger partial charge on any atom is -0.491 e. The molecule has 1 heterocycles. The monoisotopic (exact) mass is 396 g/mol. The van der Waals surface area contributed by atoms with Gasteiger partial charge in [0, 0.05) is 26.7 Å². The maximum atomic E-state index is 11.6. The van der Waals surface area contributed by atoms with Crippen molar-refractivity contribution in [2.24, 2.45) is 5.92 Å². The topological polar surface area (TPSA) is 50.8 Å². The van der Waals surface area contributed by atoms with Gasteiger partial charge in [0.05, 0.1) is 12.0 Å². The van der Waals surface area contributed by atoms with Gasteiger partial charge in [-0.2, -0.15) is 0 Å². The average molecular weight is 397 g/mol. The van der Waals surface area contributed by atoms with E-state index < -0.39 is 0 Å². The zero-order valence-electron chi connectivity index (χ0n) is 18.1. The highest BCUT2D eigenvalue weighted by Crippen LogP contribution is 2.28. The normalized spacial score (nSPS) is 14.6. The van der Waals surface area contributed by atoms with E-state index in [1.54, 1.807) is 7.05 Å². The molecule has 0 saturated carbocycles. The summed E-state index contributed by atoms with van der Waals surface area (Å²) in [6.45, 7) is 11.3. The first-order valence-corrected chi connectivity index (χ1v) is 10.3. The number of carbonyl (C=O) groups excluding carboxylic acids is 1. The minimum atomic E-state index is 0.125. The second-order valence-corrected chi connectivity index (χ2v) is 8.17. The Balaban J connectivity index is 1.59. The van der Waals surface area contributed by atoms with Crippen molar-refractivity contribution in [1.29, 1.82) is 0 Å². The van der Waals surface area contributed by atoms with Gasteiger partial charge in [0.15, 0.2) is 0 Å². The SMILES string of the molecule is CNC(=O)C1CN(Cc2cc(C)c(OCc3cccc(OC(C)C)c3)c(C)c2)C1. The van der Waals surface area contributed by atoms with Gasteiger partial charge in [-0.15, -0.1) is 0 Å². The Morgan fingerprint density at radius 3 is 2.45 bits per heavy atom. The van der Waals surface area contributed by atoms with Crippen molar-refractivity contribution in [2.45, 2.75) is 47.0 Å². The minimum absolute atomic E-state index is 0.125. The van der Waals surface area contributed by atoms with Crippen LogP contribution in [0.1, 0.15) is 36.1 Å². The standard InChI is InChI=1S/C24H32N2O3/c1-16(2)29-22-8-6-7-19(11-22)15-28-23-17(3)9-20(10-18(23)4)12-26-13-21(14-26)24(27)25-5/h6-11,16,21H,12-15H2,1-5H3,(H,25,27). The Labute approximate surface area is 174 Å². The van der Waals surface area contributed by atoms with Gasteiger partial charge in [-0.05, 0) is 62.1 Å². The van der Waals surface area contributed by atoms with E-state index in [1.165, 1.54) is 5.56 Å². The number of benzene rings is 2. The van der Waals surface area contributed by atoms with E-state index in [1.807, 2.05) is 32.0 Å². The number of ether oxygens (including phenoxy) is 2. The molecule has 1 saturated heterocycles. The van der Waals surface area contributed by atoms with Crippen LogP contribution in [0.15, 0.2) is 36.4 Å². The third-order valence-corrected chi connectivity index (χ3v) is 5.15. The molecule has 0 aliphatic carbocycles. The fraction of sp³-hybridized carbons (Fsp3) is 0.458. The molecule has 0 atom stereocenters. The summed E-state index contributed by atoms with van der Waals surface area (Å²) in [7, 11) is 1.70. The van der Waals surface area contributed by atoms with Crippen LogP contribution in [0.25, 0.3) is 0 Å². The third-order valence-electron chi connectivity index (χ3n) is 5.15. The van der Waals surface area contributed by atoms with E-state index >= 15 is 0 Å². The summed E-state index contributed by atoms with van der Waals surface area (Å²) in [5.41, 5.74) is 4.62. The molecule has 1 amide bonds. The summed E-state index contributed by atoms with van der Waals surface area (Å²) in [6, 6.07) is 12.4. The summed E-state index contributed by atoms with van der Waals surface area (Å²) >= 11 is 0. The number of aryl methyl sites for hydroxylation is 2. The Kier molecular flexibility index (Phi) is 6.80. The maximum absolute atomic E-state index is 11.6. The molecule has 0 radical (unpaired) electrons. The summed E-state index contributed by atoms with van der Waals surface area (Å²) in [6.07, 6.45) is 0.154. The lowest BCUT2D eigenvalue weighted by Gasteiger charge is -2.38. The van der Waals surface area contributed by atoms with E-state index in [4.69, 9.17) is 9.47 Å². The third kappa shape index (κ3) is 5.51. The van der Waals surface area contributed by atoms with E-state index in [0.717, 1.165) is 47.8 Å². The average Bonchev–Trinajstić information content (AvgIpc) is 2.63. The fourth-order valence-corrected chi connectivity index (χ4v) is 3.82. The van der Waals surface area contributed by atoms with Crippen LogP contribution in [-0.2, 0) is 17.9 Å². The Morgan fingerprint density at radius 1 is 1.14 bits per heavy atom. The molecular formula is C24H32N2O3. The van der Waals surface area contributed by atoms with Gasteiger partial charge < -0.3 is 14.8 Å². The number of nitrogens with one attached hydrogen (secondary N) is 1. The quantitative estimate of drug-likeness (QED) is 0.736. The van der Waals surface area contributed by atoms with E-state index in [9.17, 15) is 4.79 Å². The number of rotatable bonds is 8. The molecule has 1 fully saturated rings. The highest BCUT2D eigenvalue weighted by molar-refractivity contribution is 5.79. The first kappa shape index (κ1) is 21.2. The largest absolute Gasteiger partial charge is 0.491 e. The molecule has 0 bridgehead atoms. The van der Waals surface area contributed by atoms with E-state index in [2.05, 4.69) is 42.3 Å². The van der Waals surface area contributed by atoms with Crippen molar-refractivity contribution >= 4 is 5.91 Å². The van der Waals surface area contributed by atoms with Gasteiger partial charge >= 0.3 is 0 Å². The van der Waals surface area contributed by atoms with Crippen LogP contribution in [-0.4, -0.2) is 37.0 Å². The van der Waals surface area contributed by atoms with Crippen molar-refractivity contribution in [3.8, 4) is 11.5 Å². The Morgan fingerprint density at radius 2 is 1.83 bits per heavy atom. The predicted molar refractivity (Wildman–Crippen MR) is 115 cm³/mol. The Hall–Kier alpha value is -2.53. The molecule has 0 spiro atoms. The lowest BCUT2D eigenvalue weighted by molar-refractivity contribution is -0.129. The predicted octanol–water partition coefficient (Wildman–Crippen LogP) is 3.85. The van der Waals surface area contributed by atoms with Gasteiger partial charge in [0.2, 0.25) is 5.91 Å². The van der Waals surface area contributed by atoms with Crippen LogP contribution in [0.3, 0.4) is 0 Å². The highest BCUT2D eigenvalue weighted by Gasteiger charge is 2.31. The van der Waals surface area contributed by atoms with Crippen LogP contribution in [0.5, 0.6) is 11.5 Å². The second kappa shape index (κ2) is 9.31. The summed E-state index contributed by atoms with van der Waals surface area (Å²) in [5, 5.41) is 2.73. The second-order valence-electron chi connectivity index (χ2n) is 8.17. The molecule has 0 unspecified atom stereocenters. The van der Waals surface area contributed by atoms with Crippen molar-refractivity contribution in [1.82, 2.24) is 10.2 Å². The van der Waals surface area contributed by atoms with Crippen LogP contribution < -0.4 is 14.8 Å². The number of hydrogen-bond donors (Lipinski definition) is 1. The number of likely N-dealkylation sites (tertiary alicyclic amines) is 1. The molecule has 1 N–H and O–H groups in total. The molecule has 2 aromatic carbocycles. The molecule has 2 aromatic rings. The molecule has 29 heavy (non-hydrogen) atoms. The molecule has 3 rings (SSSR count). The van der Waals surface area contributed by atoms with Crippen LogP contribution in [0, 0.1) is 19.8 Å². The number of amides is 1. The number of carbonyl (C=O) groups is 1. The summed E-state index contributed by atoms with van der Waals surface area (Å²) in [5.74, 6) is 2.07. The smallest absolute Gasteiger partial charge is 0.225 e. The number of nitrogens with zero attached hydrogens (tertiary/aromatic N) is 1. The van der Waals surface area contributed by atoms with Gasteiger partial charge in [-0.3, -0.25) is 9.69 Å². The molecule has 5 heteroatoms. The lowest BCUT2D eigenvalue weighted by Crippen LogP contribution is -2.52. The fourth-order valence-electron chi connectivity index (χ4n) is 3.82. The first-order valence-electron chi connectivity index (χ1n) is 10.3. The first-order chi connectivity index (χ1) is 13.9. The lowest BCUT2D eigenvalue weighted by atomic mass is 9.97. The van der Waals surface area contributed by atoms with Crippen LogP contribution in [0.2, 0.25) is 0 Å². The summed E-state index contributed by atoms with van der Waals surface area (Å²) in [4.78, 5) is 13.9. The zero-order chi connectivity index (χ0) is 21.0. The highest BCUT2D eigenvalue weighted by atomic mass is 16.5. The van der Waals surface area contributed by atoms with Gasteiger partial charge in [0.1, 0.15) is 18.1 Å². The van der Waals surface area contributed by atoms with E-state index in [0.29, 0.717) is 6.61 Å². The zero-order valence-corrected chi connectivity index (χ0v) is 18.1. The summed E-state index contributed by atoms with van der Waals surface area (Å²) < 4.78 is 11.9. The van der Waals surface area contributed by atoms with Crippen LogP contribution >= 0.6 is 0 Å². The molecule has 5 nitrogen and oxygen atoms in total. The van der Waals surface area contributed by atoms with Gasteiger partial charge in [0.25, 0.3) is 0 Å². The van der Waals surface area contributed by atoms with Gasteiger partial charge in [-0.1, -0.05) is 24.3 Å². The molecule has 0 aromatic heterocycles. The van der Waals surface area contributed by atoms with Crippen molar-refractivity contribution in [3.05, 3.63) is 58.7 Å². The van der Waals surface area contributed by atoms with Crippen molar-refractivity contribution in [3.63, 3.8) is 0 Å². The maximum Gasteiger partial charge on any atom is 0.225 e. The van der Waals surface area contributed by atoms with Crippen molar-refractivity contribution in [2.75, 3.05) is 20.1 Å². The van der Waals surface area contributed by atoms with Gasteiger partial charge in [-0.25, -0.2) is 0 Å². The van der Waals surface area contributed by atoms with Crippen molar-refractivity contribution < 1.29 is 14.3 Å². The van der Waals surface area contributed by atoms with E-state index in [-0.39, 0.29) is 17.9 Å². The van der Waals surface area contributed by atoms with Crippen LogP contribution in [0.4, 0.5) is 0 Å².